The van der Waals surface area contributed by atoms with Gasteiger partial charge in [-0.25, -0.2) is 9.59 Å². The minimum absolute atomic E-state index is 0.167. The number of hydrogen-bond donors (Lipinski definition) is 0. The summed E-state index contributed by atoms with van der Waals surface area (Å²) >= 11 is 0. The molecule has 134 valence electrons. The fraction of sp³-hybridized carbons (Fsp3) is 0.579. The van der Waals surface area contributed by atoms with Crippen LogP contribution in [0.1, 0.15) is 56.5 Å². The summed E-state index contributed by atoms with van der Waals surface area (Å²) < 4.78 is 10.0. The van der Waals surface area contributed by atoms with E-state index in [4.69, 9.17) is 9.47 Å². The van der Waals surface area contributed by atoms with Crippen LogP contribution in [0.15, 0.2) is 24.3 Å². The Morgan fingerprint density at radius 1 is 1.08 bits per heavy atom. The van der Waals surface area contributed by atoms with Gasteiger partial charge in [-0.1, -0.05) is 17.7 Å². The number of likely N-dealkylation sites (tertiary alicyclic amines) is 1. The molecule has 24 heavy (non-hydrogen) atoms. The summed E-state index contributed by atoms with van der Waals surface area (Å²) in [5, 5.41) is 0. The Balaban J connectivity index is 0.000000240. The highest BCUT2D eigenvalue weighted by Crippen LogP contribution is 2.14. The van der Waals surface area contributed by atoms with Crippen LogP contribution in [0.4, 0.5) is 4.79 Å². The zero-order valence-corrected chi connectivity index (χ0v) is 15.4. The van der Waals surface area contributed by atoms with Crippen molar-refractivity contribution in [3.05, 3.63) is 35.4 Å². The second-order valence-electron chi connectivity index (χ2n) is 6.76. The fourth-order valence-electron chi connectivity index (χ4n) is 2.13. The third-order valence-corrected chi connectivity index (χ3v) is 3.32. The molecule has 1 aromatic carbocycles. The maximum atomic E-state index is 11.4. The molecule has 1 aliphatic heterocycles. The van der Waals surface area contributed by atoms with Gasteiger partial charge in [0.25, 0.3) is 0 Å². The molecule has 0 radical (unpaired) electrons. The summed E-state index contributed by atoms with van der Waals surface area (Å²) in [5.74, 6) is -0.252. The lowest BCUT2D eigenvalue weighted by molar-refractivity contribution is 0.0294. The fourth-order valence-corrected chi connectivity index (χ4v) is 2.13. The third-order valence-electron chi connectivity index (χ3n) is 3.32. The van der Waals surface area contributed by atoms with Gasteiger partial charge in [0.15, 0.2) is 0 Å². The highest BCUT2D eigenvalue weighted by molar-refractivity contribution is 5.89. The Labute approximate surface area is 144 Å². The van der Waals surface area contributed by atoms with E-state index >= 15 is 0 Å². The van der Waals surface area contributed by atoms with Crippen molar-refractivity contribution in [3.8, 4) is 0 Å². The van der Waals surface area contributed by atoms with Gasteiger partial charge in [-0.2, -0.15) is 0 Å². The quantitative estimate of drug-likeness (QED) is 0.761. The predicted molar refractivity (Wildman–Crippen MR) is 94.2 cm³/mol. The average Bonchev–Trinajstić information content (AvgIpc) is 3.01. The number of rotatable bonds is 2. The molecule has 1 amide bonds. The van der Waals surface area contributed by atoms with Crippen LogP contribution in [0.2, 0.25) is 0 Å². The van der Waals surface area contributed by atoms with Gasteiger partial charge in [-0.15, -0.1) is 0 Å². The Hall–Kier alpha value is -2.04. The molecular formula is C19H29NO4. The number of carbonyl (C=O) groups is 2. The SMILES string of the molecule is CC(C)(C)OC(=O)N1CCCC1.CCOC(=O)c1ccc(C)cc1. The van der Waals surface area contributed by atoms with E-state index in [2.05, 4.69) is 0 Å². The number of amides is 1. The van der Waals surface area contributed by atoms with Gasteiger partial charge in [0, 0.05) is 13.1 Å². The van der Waals surface area contributed by atoms with Gasteiger partial charge in [0.1, 0.15) is 5.60 Å². The summed E-state index contributed by atoms with van der Waals surface area (Å²) in [6.45, 7) is 11.6. The number of nitrogens with zero attached hydrogens (tertiary/aromatic N) is 1. The van der Waals surface area contributed by atoms with Crippen molar-refractivity contribution in [3.63, 3.8) is 0 Å². The minimum Gasteiger partial charge on any atom is -0.462 e. The van der Waals surface area contributed by atoms with Gasteiger partial charge in [0.2, 0.25) is 0 Å². The maximum absolute atomic E-state index is 11.4. The topological polar surface area (TPSA) is 55.8 Å². The van der Waals surface area contributed by atoms with Gasteiger partial charge in [-0.05, 0) is 59.6 Å². The normalized spacial score (nSPS) is 13.8. The summed E-state index contributed by atoms with van der Waals surface area (Å²) in [5.41, 5.74) is 1.39. The highest BCUT2D eigenvalue weighted by Gasteiger charge is 2.23. The molecule has 0 N–H and O–H groups in total. The van der Waals surface area contributed by atoms with Crippen molar-refractivity contribution in [1.29, 1.82) is 0 Å². The number of ether oxygens (including phenoxy) is 2. The molecule has 2 rings (SSSR count). The third kappa shape index (κ3) is 7.49. The van der Waals surface area contributed by atoms with Crippen molar-refractivity contribution in [2.24, 2.45) is 0 Å². The largest absolute Gasteiger partial charge is 0.462 e. The molecule has 1 saturated heterocycles. The summed E-state index contributed by atoms with van der Waals surface area (Å²) in [6.07, 6.45) is 2.05. The van der Waals surface area contributed by atoms with Crippen LogP contribution in [-0.2, 0) is 9.47 Å². The van der Waals surface area contributed by atoms with Crippen LogP contribution in [0.25, 0.3) is 0 Å². The van der Waals surface area contributed by atoms with Gasteiger partial charge in [-0.3, -0.25) is 0 Å². The molecule has 0 atom stereocenters. The average molecular weight is 335 g/mol. The molecular weight excluding hydrogens is 306 g/mol. The number of benzene rings is 1. The molecule has 1 fully saturated rings. The smallest absolute Gasteiger partial charge is 0.410 e. The number of hydrogen-bond acceptors (Lipinski definition) is 4. The van der Waals surface area contributed by atoms with Crippen molar-refractivity contribution in [1.82, 2.24) is 4.90 Å². The van der Waals surface area contributed by atoms with Crippen LogP contribution in [0, 0.1) is 6.92 Å². The van der Waals surface area contributed by atoms with E-state index in [-0.39, 0.29) is 17.7 Å². The molecule has 0 bridgehead atoms. The second kappa shape index (κ2) is 9.30. The lowest BCUT2D eigenvalue weighted by Gasteiger charge is -2.23. The van der Waals surface area contributed by atoms with E-state index < -0.39 is 0 Å². The van der Waals surface area contributed by atoms with E-state index in [1.54, 1.807) is 24.0 Å². The van der Waals surface area contributed by atoms with Crippen LogP contribution in [0.5, 0.6) is 0 Å². The van der Waals surface area contributed by atoms with E-state index in [1.165, 1.54) is 0 Å². The Bertz CT molecular complexity index is 525. The van der Waals surface area contributed by atoms with Crippen LogP contribution >= 0.6 is 0 Å². The lowest BCUT2D eigenvalue weighted by atomic mass is 10.1. The van der Waals surface area contributed by atoms with Gasteiger partial charge < -0.3 is 14.4 Å². The number of aryl methyl sites for hydroxylation is 1. The summed E-state index contributed by atoms with van der Waals surface area (Å²) in [7, 11) is 0. The van der Waals surface area contributed by atoms with Crippen LogP contribution in [-0.4, -0.2) is 42.3 Å². The van der Waals surface area contributed by atoms with Gasteiger partial charge >= 0.3 is 12.1 Å². The van der Waals surface area contributed by atoms with Crippen molar-refractivity contribution >= 4 is 12.1 Å². The molecule has 0 aromatic heterocycles. The second-order valence-corrected chi connectivity index (χ2v) is 6.76. The first-order chi connectivity index (χ1) is 11.2. The molecule has 0 aliphatic carbocycles. The van der Waals surface area contributed by atoms with Crippen LogP contribution in [0.3, 0.4) is 0 Å². The zero-order valence-electron chi connectivity index (χ0n) is 15.4. The van der Waals surface area contributed by atoms with E-state index in [0.29, 0.717) is 12.2 Å². The first-order valence-corrected chi connectivity index (χ1v) is 8.44. The Morgan fingerprint density at radius 2 is 1.62 bits per heavy atom. The summed E-state index contributed by atoms with van der Waals surface area (Å²) in [4.78, 5) is 24.3. The molecule has 1 aromatic rings. The Kier molecular flexibility index (Phi) is 7.75. The van der Waals surface area contributed by atoms with E-state index in [0.717, 1.165) is 31.5 Å². The first kappa shape index (κ1) is 20.0. The molecule has 0 unspecified atom stereocenters. The predicted octanol–water partition coefficient (Wildman–Crippen LogP) is 4.19. The highest BCUT2D eigenvalue weighted by atomic mass is 16.6. The van der Waals surface area contributed by atoms with Gasteiger partial charge in [0.05, 0.1) is 12.2 Å². The Morgan fingerprint density at radius 3 is 2.08 bits per heavy atom. The molecule has 1 aliphatic rings. The maximum Gasteiger partial charge on any atom is 0.410 e. The van der Waals surface area contributed by atoms with E-state index in [9.17, 15) is 9.59 Å². The molecule has 5 nitrogen and oxygen atoms in total. The number of carbonyl (C=O) groups excluding carboxylic acids is 2. The minimum atomic E-state index is -0.361. The molecule has 0 saturated carbocycles. The van der Waals surface area contributed by atoms with Crippen LogP contribution < -0.4 is 0 Å². The monoisotopic (exact) mass is 335 g/mol. The standard InChI is InChI=1S/C10H12O2.C9H17NO2/c1-3-12-10(11)9-6-4-8(2)5-7-9;1-9(2,3)12-8(11)10-6-4-5-7-10/h4-7H,3H2,1-2H3;4-7H2,1-3H3. The zero-order chi connectivity index (χ0) is 18.2. The molecule has 0 spiro atoms. The number of esters is 1. The van der Waals surface area contributed by atoms with E-state index in [1.807, 2.05) is 39.8 Å². The van der Waals surface area contributed by atoms with Crippen molar-refractivity contribution in [2.75, 3.05) is 19.7 Å². The molecule has 1 heterocycles. The van der Waals surface area contributed by atoms with Crippen molar-refractivity contribution in [2.45, 2.75) is 53.1 Å². The lowest BCUT2D eigenvalue weighted by Crippen LogP contribution is -2.34. The summed E-state index contributed by atoms with van der Waals surface area (Å²) in [6, 6.07) is 7.33. The molecule has 5 heteroatoms. The van der Waals surface area contributed by atoms with Crippen molar-refractivity contribution < 1.29 is 19.1 Å². The first-order valence-electron chi connectivity index (χ1n) is 8.44.